The van der Waals surface area contributed by atoms with Gasteiger partial charge in [0.2, 0.25) is 29.4 Å². The lowest BCUT2D eigenvalue weighted by molar-refractivity contribution is -0.143. The van der Waals surface area contributed by atoms with Crippen LogP contribution in [-0.4, -0.2) is 96.2 Å². The highest BCUT2D eigenvalue weighted by Gasteiger charge is 2.56. The summed E-state index contributed by atoms with van der Waals surface area (Å²) in [7, 11) is 3.25. The number of rotatable bonds is 10. The fourth-order valence-corrected chi connectivity index (χ4v) is 8.68. The van der Waals surface area contributed by atoms with E-state index in [9.17, 15) is 28.8 Å². The van der Waals surface area contributed by atoms with Crippen LogP contribution in [0.2, 0.25) is 0 Å². The van der Waals surface area contributed by atoms with E-state index in [-0.39, 0.29) is 53.2 Å². The average molecular weight is 749 g/mol. The number of amides is 5. The quantitative estimate of drug-likeness (QED) is 0.280. The first kappa shape index (κ1) is 40.8. The summed E-state index contributed by atoms with van der Waals surface area (Å²) in [5.74, 6) is -1.71. The molecule has 0 aromatic heterocycles. The summed E-state index contributed by atoms with van der Waals surface area (Å²) in [5.41, 5.74) is 0.455. The zero-order chi connectivity index (χ0) is 39.9. The maximum Gasteiger partial charge on any atom is 0.408 e. The monoisotopic (exact) mass is 748 g/mol. The Morgan fingerprint density at radius 2 is 1.65 bits per heavy atom. The number of allylic oxidation sites excluding steroid dienone is 1. The van der Waals surface area contributed by atoms with Crippen molar-refractivity contribution >= 4 is 35.5 Å². The summed E-state index contributed by atoms with van der Waals surface area (Å²) < 4.78 is 5.50. The summed E-state index contributed by atoms with van der Waals surface area (Å²) in [6.45, 7) is 15.3. The predicted molar refractivity (Wildman–Crippen MR) is 203 cm³/mol. The Morgan fingerprint density at radius 1 is 0.981 bits per heavy atom. The van der Waals surface area contributed by atoms with E-state index in [1.807, 2.05) is 26.8 Å². The minimum atomic E-state index is -0.956. The topological polar surface area (TPSA) is 166 Å². The summed E-state index contributed by atoms with van der Waals surface area (Å²) in [6.07, 6.45) is 2.90. The number of hydrogen-bond acceptors (Lipinski definition) is 8. The Hall–Kier alpha value is -4.42. The van der Waals surface area contributed by atoms with Gasteiger partial charge in [-0.1, -0.05) is 65.0 Å². The first-order chi connectivity index (χ1) is 25.1. The van der Waals surface area contributed by atoms with Crippen molar-refractivity contribution in [3.63, 3.8) is 0 Å². The van der Waals surface area contributed by atoms with Gasteiger partial charge in [-0.2, -0.15) is 0 Å². The number of carbonyl (C=O) groups excluding carboxylic acids is 6. The molecule has 13 heteroatoms. The van der Waals surface area contributed by atoms with Crippen LogP contribution in [0.1, 0.15) is 99.1 Å². The number of ketones is 1. The van der Waals surface area contributed by atoms with Crippen molar-refractivity contribution in [3.8, 4) is 0 Å². The van der Waals surface area contributed by atoms with Crippen LogP contribution in [0.25, 0.3) is 0 Å². The summed E-state index contributed by atoms with van der Waals surface area (Å²) >= 11 is 0. The van der Waals surface area contributed by atoms with Crippen molar-refractivity contribution in [2.24, 2.45) is 28.6 Å². The highest BCUT2D eigenvalue weighted by atomic mass is 16.6. The van der Waals surface area contributed by atoms with Crippen LogP contribution >= 0.6 is 0 Å². The molecule has 0 spiro atoms. The van der Waals surface area contributed by atoms with E-state index in [1.165, 1.54) is 4.90 Å². The molecule has 13 nitrogen and oxygen atoms in total. The predicted octanol–water partition coefficient (Wildman–Crippen LogP) is 3.85. The van der Waals surface area contributed by atoms with E-state index in [2.05, 4.69) is 35.1 Å². The van der Waals surface area contributed by atoms with E-state index < -0.39 is 47.2 Å². The number of fused-ring (bicyclic) bond motifs is 2. The van der Waals surface area contributed by atoms with Crippen molar-refractivity contribution in [3.05, 3.63) is 47.2 Å². The number of likely N-dealkylation sites (tertiary alicyclic amines) is 1. The molecule has 4 N–H and O–H groups in total. The highest BCUT2D eigenvalue weighted by molar-refractivity contribution is 6.04. The van der Waals surface area contributed by atoms with Crippen molar-refractivity contribution in [2.45, 2.75) is 117 Å². The first-order valence-electron chi connectivity index (χ1n) is 19.2. The molecule has 3 aliphatic carbocycles. The Balaban J connectivity index is 1.32. The number of alkyl carbamates (subject to hydrolysis) is 1. The molecule has 4 unspecified atom stereocenters. The van der Waals surface area contributed by atoms with Crippen LogP contribution in [0.5, 0.6) is 0 Å². The minimum absolute atomic E-state index is 0.0141. The molecule has 2 saturated carbocycles. The minimum Gasteiger partial charge on any atom is -0.444 e. The fraction of sp³-hybridized carbons (Fsp3) is 0.659. The number of hydrogen-bond donors (Lipinski definition) is 4. The molecule has 5 amide bonds. The standard InChI is InChI=1S/C41H60N6O7/c1-39(2,3)34(45-38(53)54-40(4,5)6)37(52)47-22-25-19-41(7,8)20-27(25)32(47)35(50)43-28-18-24-16-17-26(24)31(33(28)49)42-21-29(48)44-30(36(51)46(9)10)23-14-12-11-13-15-23/h11-15,24-25,27-28,30,32,34,42H,16-22H2,1-10H3,(H,43,50)(H,44,48)(H,45,53)/t24?,25?,27-,28?,30?,32-,34+/m0/s1. The van der Waals surface area contributed by atoms with Gasteiger partial charge in [-0.3, -0.25) is 24.0 Å². The maximum absolute atomic E-state index is 14.5. The van der Waals surface area contributed by atoms with Crippen molar-refractivity contribution in [1.29, 1.82) is 0 Å². The van der Waals surface area contributed by atoms with Gasteiger partial charge < -0.3 is 35.8 Å². The van der Waals surface area contributed by atoms with Gasteiger partial charge in [0.25, 0.3) is 0 Å². The third kappa shape index (κ3) is 9.09. The van der Waals surface area contributed by atoms with Crippen LogP contribution in [0.4, 0.5) is 4.79 Å². The van der Waals surface area contributed by atoms with Crippen LogP contribution < -0.4 is 21.3 Å². The summed E-state index contributed by atoms with van der Waals surface area (Å²) in [5, 5.41) is 11.7. The fourth-order valence-electron chi connectivity index (χ4n) is 8.68. The van der Waals surface area contributed by atoms with Crippen LogP contribution in [0, 0.1) is 28.6 Å². The Kier molecular flexibility index (Phi) is 11.6. The van der Waals surface area contributed by atoms with Crippen LogP contribution in [0.15, 0.2) is 41.6 Å². The number of Topliss-reactive ketones (excluding diaryl/α,β-unsaturated/α-hetero) is 1. The van der Waals surface area contributed by atoms with E-state index in [0.717, 1.165) is 31.3 Å². The zero-order valence-corrected chi connectivity index (χ0v) is 33.6. The van der Waals surface area contributed by atoms with E-state index in [0.29, 0.717) is 24.2 Å². The summed E-state index contributed by atoms with van der Waals surface area (Å²) in [4.78, 5) is 85.2. The molecule has 296 valence electrons. The van der Waals surface area contributed by atoms with Crippen molar-refractivity contribution in [2.75, 3.05) is 27.2 Å². The second kappa shape index (κ2) is 15.4. The molecular weight excluding hydrogens is 688 g/mol. The molecule has 7 atom stereocenters. The normalized spacial score (nSPS) is 25.7. The SMILES string of the molecule is CN(C)C(=O)C(NC(=O)CNC1=C2CCC2CC(NC(=O)[C@@H]2[C@H]3CC(C)(C)CC3CN2C(=O)[C@@H](NC(=O)OC(C)(C)C)C(C)(C)C)C1=O)c1ccccc1. The van der Waals surface area contributed by atoms with E-state index in [1.54, 1.807) is 64.0 Å². The number of likely N-dealkylation sites (N-methyl/N-ethyl adjacent to an activating group) is 1. The van der Waals surface area contributed by atoms with Gasteiger partial charge in [0, 0.05) is 20.6 Å². The molecule has 1 heterocycles. The van der Waals surface area contributed by atoms with Gasteiger partial charge >= 0.3 is 6.09 Å². The zero-order valence-electron chi connectivity index (χ0n) is 33.6. The van der Waals surface area contributed by atoms with Gasteiger partial charge in [-0.15, -0.1) is 0 Å². The molecule has 54 heavy (non-hydrogen) atoms. The molecule has 3 fully saturated rings. The van der Waals surface area contributed by atoms with Gasteiger partial charge in [0.15, 0.2) is 0 Å². The third-order valence-electron chi connectivity index (χ3n) is 11.2. The number of nitrogens with one attached hydrogen (secondary N) is 4. The molecule has 1 aliphatic heterocycles. The molecule has 5 rings (SSSR count). The van der Waals surface area contributed by atoms with E-state index in [4.69, 9.17) is 4.74 Å². The van der Waals surface area contributed by atoms with Gasteiger partial charge in [0.05, 0.1) is 18.3 Å². The lowest BCUT2D eigenvalue weighted by Gasteiger charge is -2.41. The first-order valence-corrected chi connectivity index (χ1v) is 19.2. The smallest absolute Gasteiger partial charge is 0.408 e. The number of benzene rings is 1. The Bertz CT molecular complexity index is 1670. The van der Waals surface area contributed by atoms with E-state index >= 15 is 0 Å². The van der Waals surface area contributed by atoms with Crippen LogP contribution in [-0.2, 0) is 28.7 Å². The third-order valence-corrected chi connectivity index (χ3v) is 11.2. The second-order valence-electron chi connectivity index (χ2n) is 18.7. The second-order valence-corrected chi connectivity index (χ2v) is 18.7. The molecule has 4 aliphatic rings. The van der Waals surface area contributed by atoms with Crippen molar-refractivity contribution < 1.29 is 33.5 Å². The van der Waals surface area contributed by atoms with Gasteiger partial charge in [0.1, 0.15) is 23.7 Å². The lowest BCUT2D eigenvalue weighted by Crippen LogP contribution is -2.60. The summed E-state index contributed by atoms with van der Waals surface area (Å²) in [6, 6.07) is 5.47. The molecular formula is C41H60N6O7. The molecule has 0 bridgehead atoms. The Morgan fingerprint density at radius 3 is 2.22 bits per heavy atom. The maximum atomic E-state index is 14.5. The number of nitrogens with zero attached hydrogens (tertiary/aromatic N) is 2. The molecule has 1 aromatic rings. The average Bonchev–Trinajstić information content (AvgIpc) is 3.54. The molecule has 1 aromatic carbocycles. The molecule has 1 saturated heterocycles. The number of carbonyl (C=O) groups is 6. The largest absolute Gasteiger partial charge is 0.444 e. The number of ether oxygens (including phenoxy) is 1. The van der Waals surface area contributed by atoms with Crippen molar-refractivity contribution in [1.82, 2.24) is 31.1 Å². The highest BCUT2D eigenvalue weighted by Crippen LogP contribution is 2.52. The van der Waals surface area contributed by atoms with Gasteiger partial charge in [-0.25, -0.2) is 4.79 Å². The van der Waals surface area contributed by atoms with Crippen LogP contribution in [0.3, 0.4) is 0 Å². The Labute approximate surface area is 319 Å². The van der Waals surface area contributed by atoms with Gasteiger partial charge in [-0.05, 0) is 92.6 Å². The molecule has 0 radical (unpaired) electrons. The lowest BCUT2D eigenvalue weighted by atomic mass is 9.69.